The second-order valence-corrected chi connectivity index (χ2v) is 5.30. The van der Waals surface area contributed by atoms with Crippen molar-refractivity contribution in [2.24, 2.45) is 0 Å². The summed E-state index contributed by atoms with van der Waals surface area (Å²) in [7, 11) is 0. The molecular formula is C16H17FN4O2. The number of carbonyl (C=O) groups is 1. The van der Waals surface area contributed by atoms with Gasteiger partial charge in [-0.15, -0.1) is 0 Å². The van der Waals surface area contributed by atoms with Crippen LogP contribution >= 0.6 is 0 Å². The van der Waals surface area contributed by atoms with Crippen LogP contribution in [0.1, 0.15) is 23.7 Å². The normalized spacial score (nSPS) is 14.5. The number of carbonyl (C=O) groups excluding carboxylic acids is 1. The van der Waals surface area contributed by atoms with E-state index in [2.05, 4.69) is 15.5 Å². The first-order valence-electron chi connectivity index (χ1n) is 7.39. The van der Waals surface area contributed by atoms with E-state index in [1.54, 1.807) is 24.0 Å². The lowest BCUT2D eigenvalue weighted by Gasteiger charge is -2.26. The van der Waals surface area contributed by atoms with Crippen LogP contribution in [0.5, 0.6) is 0 Å². The predicted molar refractivity (Wildman–Crippen MR) is 81.8 cm³/mol. The average Bonchev–Trinajstić information content (AvgIpc) is 2.99. The number of hydrogen-bond donors (Lipinski definition) is 1. The van der Waals surface area contributed by atoms with Gasteiger partial charge in [0, 0.05) is 18.7 Å². The molecule has 6 nitrogen and oxygen atoms in total. The predicted octanol–water partition coefficient (Wildman–Crippen LogP) is 2.52. The van der Waals surface area contributed by atoms with Crippen molar-refractivity contribution >= 4 is 11.6 Å². The monoisotopic (exact) mass is 316 g/mol. The lowest BCUT2D eigenvalue weighted by molar-refractivity contribution is 0.201. The van der Waals surface area contributed by atoms with Gasteiger partial charge in [0.2, 0.25) is 5.89 Å². The highest BCUT2D eigenvalue weighted by Crippen LogP contribution is 2.24. The number of nitrogens with one attached hydrogen (secondary N) is 1. The van der Waals surface area contributed by atoms with E-state index < -0.39 is 0 Å². The first-order valence-corrected chi connectivity index (χ1v) is 7.39. The van der Waals surface area contributed by atoms with Crippen LogP contribution in [0.25, 0.3) is 5.57 Å². The molecule has 23 heavy (non-hydrogen) atoms. The zero-order chi connectivity index (χ0) is 16.2. The summed E-state index contributed by atoms with van der Waals surface area (Å²) in [4.78, 5) is 17.8. The molecule has 2 amide bonds. The third-order valence-corrected chi connectivity index (χ3v) is 3.68. The summed E-state index contributed by atoms with van der Waals surface area (Å²) < 4.78 is 18.7. The van der Waals surface area contributed by atoms with Crippen LogP contribution in [0, 0.1) is 12.7 Å². The van der Waals surface area contributed by atoms with Gasteiger partial charge in [-0.3, -0.25) is 0 Å². The number of urea groups is 1. The molecule has 1 N–H and O–H groups in total. The number of aromatic nitrogens is 2. The van der Waals surface area contributed by atoms with Crippen molar-refractivity contribution in [2.75, 3.05) is 13.1 Å². The number of halogens is 1. The summed E-state index contributed by atoms with van der Waals surface area (Å²) in [6.07, 6.45) is 2.51. The Labute approximate surface area is 133 Å². The Kier molecular flexibility index (Phi) is 4.36. The molecule has 2 aromatic rings. The lowest BCUT2D eigenvalue weighted by Crippen LogP contribution is -2.41. The van der Waals surface area contributed by atoms with Crippen LogP contribution in [-0.2, 0) is 6.54 Å². The Morgan fingerprint density at radius 2 is 2.26 bits per heavy atom. The molecule has 0 unspecified atom stereocenters. The Morgan fingerprint density at radius 3 is 2.91 bits per heavy atom. The number of amides is 2. The molecule has 7 heteroatoms. The number of hydrogen-bond acceptors (Lipinski definition) is 4. The molecule has 1 aliphatic rings. The van der Waals surface area contributed by atoms with Crippen molar-refractivity contribution in [1.29, 1.82) is 0 Å². The molecule has 0 bridgehead atoms. The molecule has 0 atom stereocenters. The lowest BCUT2D eigenvalue weighted by atomic mass is 9.99. The minimum Gasteiger partial charge on any atom is -0.337 e. The molecule has 0 fully saturated rings. The van der Waals surface area contributed by atoms with Crippen LogP contribution in [0.15, 0.2) is 34.9 Å². The number of benzene rings is 1. The molecular weight excluding hydrogens is 299 g/mol. The summed E-state index contributed by atoms with van der Waals surface area (Å²) in [5.41, 5.74) is 1.54. The molecule has 120 valence electrons. The fourth-order valence-electron chi connectivity index (χ4n) is 2.49. The summed E-state index contributed by atoms with van der Waals surface area (Å²) in [6, 6.07) is 6.48. The molecule has 0 saturated heterocycles. The summed E-state index contributed by atoms with van der Waals surface area (Å²) in [6.45, 7) is 2.89. The molecule has 2 heterocycles. The van der Waals surface area contributed by atoms with Crippen LogP contribution in [-0.4, -0.2) is 34.2 Å². The third kappa shape index (κ3) is 3.56. The van der Waals surface area contributed by atoms with Crippen molar-refractivity contribution in [3.05, 3.63) is 53.4 Å². The number of aryl methyl sites for hydroxylation is 1. The van der Waals surface area contributed by atoms with Gasteiger partial charge in [0.05, 0.1) is 6.54 Å². The molecule has 0 aliphatic carbocycles. The van der Waals surface area contributed by atoms with Gasteiger partial charge >= 0.3 is 6.03 Å². The second kappa shape index (κ2) is 6.60. The van der Waals surface area contributed by atoms with Crippen molar-refractivity contribution in [3.8, 4) is 0 Å². The smallest absolute Gasteiger partial charge is 0.318 e. The van der Waals surface area contributed by atoms with E-state index in [9.17, 15) is 9.18 Å². The third-order valence-electron chi connectivity index (χ3n) is 3.68. The molecule has 1 aromatic heterocycles. The zero-order valence-corrected chi connectivity index (χ0v) is 12.8. The molecule has 0 spiro atoms. The maximum atomic E-state index is 13.8. The number of rotatable bonds is 3. The van der Waals surface area contributed by atoms with E-state index in [1.807, 2.05) is 12.1 Å². The Hall–Kier alpha value is -2.70. The zero-order valence-electron chi connectivity index (χ0n) is 12.8. The van der Waals surface area contributed by atoms with Crippen LogP contribution in [0.2, 0.25) is 0 Å². The van der Waals surface area contributed by atoms with Crippen molar-refractivity contribution in [2.45, 2.75) is 19.9 Å². The summed E-state index contributed by atoms with van der Waals surface area (Å²) >= 11 is 0. The largest absolute Gasteiger partial charge is 0.337 e. The van der Waals surface area contributed by atoms with E-state index in [4.69, 9.17) is 4.52 Å². The minimum atomic E-state index is -0.233. The Bertz CT molecular complexity index is 741. The van der Waals surface area contributed by atoms with E-state index >= 15 is 0 Å². The topological polar surface area (TPSA) is 71.3 Å². The van der Waals surface area contributed by atoms with Gasteiger partial charge in [0.15, 0.2) is 5.82 Å². The van der Waals surface area contributed by atoms with Gasteiger partial charge in [0.1, 0.15) is 5.82 Å². The standard InChI is InChI=1S/C16H17FN4O2/c1-11-19-15(23-20-11)10-18-16(22)21-8-6-12(7-9-21)13-4-2-3-5-14(13)17/h2-6H,7-10H2,1H3,(H,18,22). The van der Waals surface area contributed by atoms with Gasteiger partial charge in [-0.1, -0.05) is 29.4 Å². The second-order valence-electron chi connectivity index (χ2n) is 5.30. The summed E-state index contributed by atoms with van der Waals surface area (Å²) in [5.74, 6) is 0.670. The average molecular weight is 316 g/mol. The molecule has 0 saturated carbocycles. The van der Waals surface area contributed by atoms with Crippen molar-refractivity contribution < 1.29 is 13.7 Å². The van der Waals surface area contributed by atoms with Crippen molar-refractivity contribution in [1.82, 2.24) is 20.4 Å². The first-order chi connectivity index (χ1) is 11.1. The van der Waals surface area contributed by atoms with E-state index in [1.165, 1.54) is 6.07 Å². The van der Waals surface area contributed by atoms with Crippen LogP contribution < -0.4 is 5.32 Å². The highest BCUT2D eigenvalue weighted by molar-refractivity contribution is 5.76. The van der Waals surface area contributed by atoms with Crippen molar-refractivity contribution in [3.63, 3.8) is 0 Å². The summed E-state index contributed by atoms with van der Waals surface area (Å²) in [5, 5.41) is 6.40. The van der Waals surface area contributed by atoms with E-state index in [-0.39, 0.29) is 18.4 Å². The Balaban J connectivity index is 1.57. The van der Waals surface area contributed by atoms with Gasteiger partial charge in [-0.05, 0) is 25.0 Å². The molecule has 1 aromatic carbocycles. The molecule has 1 aliphatic heterocycles. The highest BCUT2D eigenvalue weighted by Gasteiger charge is 2.19. The highest BCUT2D eigenvalue weighted by atomic mass is 19.1. The van der Waals surface area contributed by atoms with E-state index in [0.29, 0.717) is 36.8 Å². The number of nitrogens with zero attached hydrogens (tertiary/aromatic N) is 3. The van der Waals surface area contributed by atoms with Crippen LogP contribution in [0.4, 0.5) is 9.18 Å². The van der Waals surface area contributed by atoms with E-state index in [0.717, 1.165) is 5.57 Å². The quantitative estimate of drug-likeness (QED) is 0.944. The maximum Gasteiger partial charge on any atom is 0.318 e. The van der Waals surface area contributed by atoms with Gasteiger partial charge in [-0.25, -0.2) is 9.18 Å². The Morgan fingerprint density at radius 1 is 1.43 bits per heavy atom. The van der Waals surface area contributed by atoms with Gasteiger partial charge < -0.3 is 14.7 Å². The fraction of sp³-hybridized carbons (Fsp3) is 0.312. The first kappa shape index (κ1) is 15.2. The van der Waals surface area contributed by atoms with Gasteiger partial charge in [0.25, 0.3) is 0 Å². The van der Waals surface area contributed by atoms with Crippen LogP contribution in [0.3, 0.4) is 0 Å². The molecule has 0 radical (unpaired) electrons. The molecule has 3 rings (SSSR count). The van der Waals surface area contributed by atoms with Gasteiger partial charge in [-0.2, -0.15) is 4.98 Å². The SMILES string of the molecule is Cc1noc(CNC(=O)N2CC=C(c3ccccc3F)CC2)n1. The maximum absolute atomic E-state index is 13.8. The fourth-order valence-corrected chi connectivity index (χ4v) is 2.49. The minimum absolute atomic E-state index is 0.195.